The Kier molecular flexibility index (Phi) is 11.9. The summed E-state index contributed by atoms with van der Waals surface area (Å²) in [5, 5.41) is 0. The van der Waals surface area contributed by atoms with E-state index in [0.717, 1.165) is 12.8 Å². The van der Waals surface area contributed by atoms with Crippen LogP contribution in [-0.4, -0.2) is 11.4 Å². The first-order valence-corrected chi connectivity index (χ1v) is 12.6. The Bertz CT molecular complexity index is 862. The minimum Gasteiger partial charge on any atom is -0.358 e. The smallest absolute Gasteiger partial charge is 0.0702 e. The number of hydrogen-bond acceptors (Lipinski definition) is 2. The van der Waals surface area contributed by atoms with Crippen LogP contribution >= 0.6 is 0 Å². The van der Waals surface area contributed by atoms with E-state index >= 15 is 0 Å². The number of para-hydroxylation sites is 2. The van der Waals surface area contributed by atoms with Crippen molar-refractivity contribution in [2.75, 3.05) is 0 Å². The Hall–Kier alpha value is -1.73. The van der Waals surface area contributed by atoms with E-state index in [1.54, 1.807) is 0 Å². The molecule has 0 bridgehead atoms. The average molecular weight is 504 g/mol. The predicted octanol–water partition coefficient (Wildman–Crippen LogP) is 10.0. The van der Waals surface area contributed by atoms with Gasteiger partial charge in [-0.05, 0) is 71.6 Å². The molecular weight excluding hydrogens is 459 g/mol. The first kappa shape index (κ1) is 30.3. The van der Waals surface area contributed by atoms with Crippen LogP contribution in [0.25, 0.3) is 0 Å². The number of aliphatic imine (C=N–C) groups is 2. The molecule has 2 aromatic rings. The maximum absolute atomic E-state index is 5.37. The van der Waals surface area contributed by atoms with Crippen LogP contribution in [0.2, 0.25) is 0 Å². The SMILES string of the molecule is CC(C)c1cccc(C(C)C)c1N=C1CCCCC1=Nc1c(C(C)C)cccc1C(C)C.[CH3-].[Ni]. The molecule has 0 radical (unpaired) electrons. The van der Waals surface area contributed by atoms with Crippen LogP contribution in [0.1, 0.15) is 127 Å². The van der Waals surface area contributed by atoms with E-state index in [-0.39, 0.29) is 23.9 Å². The summed E-state index contributed by atoms with van der Waals surface area (Å²) >= 11 is 0. The van der Waals surface area contributed by atoms with Gasteiger partial charge in [-0.25, -0.2) is 0 Å². The van der Waals surface area contributed by atoms with Crippen molar-refractivity contribution < 1.29 is 16.5 Å². The van der Waals surface area contributed by atoms with E-state index in [0.29, 0.717) is 23.7 Å². The standard InChI is InChI=1S/C30H42N2.CH3.Ni/c1-19(2)23-13-11-14-24(20(3)4)29(23)31-27-17-9-10-18-28(27)32-30-25(21(5)6)15-12-16-26(30)22(7)8;;/h11-16,19-22H,9-10,17-18H2,1-8H3;1H3;/q;-1;. The zero-order chi connectivity index (χ0) is 23.4. The summed E-state index contributed by atoms with van der Waals surface area (Å²) in [6.07, 6.45) is 4.43. The molecule has 1 aliphatic rings. The summed E-state index contributed by atoms with van der Waals surface area (Å²) in [6.45, 7) is 18.2. The molecule has 0 aliphatic heterocycles. The fraction of sp³-hybridized carbons (Fsp3) is 0.516. The van der Waals surface area contributed by atoms with Gasteiger partial charge in [-0.15, -0.1) is 0 Å². The molecule has 1 saturated carbocycles. The monoisotopic (exact) mass is 503 g/mol. The molecule has 3 heteroatoms. The van der Waals surface area contributed by atoms with Gasteiger partial charge < -0.3 is 7.43 Å². The van der Waals surface area contributed by atoms with Gasteiger partial charge in [0, 0.05) is 16.5 Å². The first-order chi connectivity index (χ1) is 15.2. The zero-order valence-corrected chi connectivity index (χ0v) is 23.8. The summed E-state index contributed by atoms with van der Waals surface area (Å²) < 4.78 is 0. The van der Waals surface area contributed by atoms with Crippen LogP contribution in [-0.2, 0) is 16.5 Å². The van der Waals surface area contributed by atoms with Crippen molar-refractivity contribution in [3.05, 3.63) is 66.1 Å². The number of benzene rings is 2. The molecule has 0 N–H and O–H groups in total. The van der Waals surface area contributed by atoms with Crippen LogP contribution in [0.4, 0.5) is 11.4 Å². The minimum absolute atomic E-state index is 0. The van der Waals surface area contributed by atoms with E-state index in [4.69, 9.17) is 9.98 Å². The van der Waals surface area contributed by atoms with Crippen LogP contribution < -0.4 is 0 Å². The van der Waals surface area contributed by atoms with Crippen molar-refractivity contribution >= 4 is 22.8 Å². The molecule has 0 saturated heterocycles. The Morgan fingerprint density at radius 3 is 1.03 bits per heavy atom. The third-order valence-electron chi connectivity index (χ3n) is 6.59. The maximum atomic E-state index is 5.37. The molecule has 0 heterocycles. The fourth-order valence-corrected chi connectivity index (χ4v) is 4.67. The zero-order valence-electron chi connectivity index (χ0n) is 22.8. The van der Waals surface area contributed by atoms with Crippen LogP contribution in [0.3, 0.4) is 0 Å². The largest absolute Gasteiger partial charge is 0.358 e. The normalized spacial score (nSPS) is 16.5. The van der Waals surface area contributed by atoms with Crippen molar-refractivity contribution in [3.63, 3.8) is 0 Å². The molecule has 0 spiro atoms. The Morgan fingerprint density at radius 2 is 0.794 bits per heavy atom. The van der Waals surface area contributed by atoms with Gasteiger partial charge in [0.15, 0.2) is 0 Å². The van der Waals surface area contributed by atoms with Crippen molar-refractivity contribution in [1.82, 2.24) is 0 Å². The molecule has 1 fully saturated rings. The number of nitrogens with zero attached hydrogens (tertiary/aromatic N) is 2. The molecule has 3 rings (SSSR count). The molecular formula is C31H45N2Ni-. The summed E-state index contributed by atoms with van der Waals surface area (Å²) in [6, 6.07) is 13.4. The summed E-state index contributed by atoms with van der Waals surface area (Å²) in [4.78, 5) is 10.7. The van der Waals surface area contributed by atoms with E-state index in [9.17, 15) is 0 Å². The second-order valence-electron chi connectivity index (χ2n) is 10.5. The molecule has 1 aliphatic carbocycles. The van der Waals surface area contributed by atoms with E-state index in [2.05, 4.69) is 91.8 Å². The Balaban J connectivity index is 0.00000289. The van der Waals surface area contributed by atoms with Crippen molar-refractivity contribution in [2.24, 2.45) is 9.98 Å². The second-order valence-corrected chi connectivity index (χ2v) is 10.5. The van der Waals surface area contributed by atoms with Gasteiger partial charge in [-0.3, -0.25) is 9.98 Å². The van der Waals surface area contributed by atoms with Gasteiger partial charge in [-0.2, -0.15) is 0 Å². The molecule has 0 unspecified atom stereocenters. The van der Waals surface area contributed by atoms with Crippen LogP contribution in [0.15, 0.2) is 46.4 Å². The first-order valence-electron chi connectivity index (χ1n) is 12.6. The molecule has 2 aromatic carbocycles. The van der Waals surface area contributed by atoms with Gasteiger partial charge >= 0.3 is 0 Å². The molecule has 0 atom stereocenters. The van der Waals surface area contributed by atoms with Crippen molar-refractivity contribution in [3.8, 4) is 0 Å². The number of rotatable bonds is 6. The third kappa shape index (κ3) is 6.91. The van der Waals surface area contributed by atoms with Gasteiger partial charge in [-0.1, -0.05) is 91.8 Å². The van der Waals surface area contributed by atoms with E-state index < -0.39 is 0 Å². The molecule has 190 valence electrons. The van der Waals surface area contributed by atoms with Crippen molar-refractivity contribution in [2.45, 2.75) is 105 Å². The molecule has 0 aromatic heterocycles. The van der Waals surface area contributed by atoms with Gasteiger partial charge in [0.25, 0.3) is 0 Å². The van der Waals surface area contributed by atoms with Gasteiger partial charge in [0.1, 0.15) is 0 Å². The van der Waals surface area contributed by atoms with Crippen LogP contribution in [0.5, 0.6) is 0 Å². The minimum atomic E-state index is 0. The summed E-state index contributed by atoms with van der Waals surface area (Å²) in [5.74, 6) is 1.80. The molecule has 0 amide bonds. The van der Waals surface area contributed by atoms with Gasteiger partial charge in [0.2, 0.25) is 0 Å². The Labute approximate surface area is 219 Å². The third-order valence-corrected chi connectivity index (χ3v) is 6.59. The van der Waals surface area contributed by atoms with Crippen LogP contribution in [0, 0.1) is 7.43 Å². The van der Waals surface area contributed by atoms with E-state index in [1.807, 2.05) is 0 Å². The number of hydrogen-bond donors (Lipinski definition) is 0. The predicted molar refractivity (Wildman–Crippen MR) is 148 cm³/mol. The Morgan fingerprint density at radius 1 is 0.529 bits per heavy atom. The van der Waals surface area contributed by atoms with Crippen molar-refractivity contribution in [1.29, 1.82) is 0 Å². The fourth-order valence-electron chi connectivity index (χ4n) is 4.67. The summed E-state index contributed by atoms with van der Waals surface area (Å²) in [5.41, 5.74) is 10.1. The van der Waals surface area contributed by atoms with E-state index in [1.165, 1.54) is 57.9 Å². The molecule has 2 nitrogen and oxygen atoms in total. The quantitative estimate of drug-likeness (QED) is 0.276. The van der Waals surface area contributed by atoms with Gasteiger partial charge in [0.05, 0.1) is 22.8 Å². The summed E-state index contributed by atoms with van der Waals surface area (Å²) in [7, 11) is 0. The molecule has 34 heavy (non-hydrogen) atoms. The second kappa shape index (κ2) is 13.4. The maximum Gasteiger partial charge on any atom is 0.0702 e. The topological polar surface area (TPSA) is 24.7 Å². The average Bonchev–Trinajstić information content (AvgIpc) is 2.74.